The molecule has 0 saturated carbocycles. The number of nitrogens with one attached hydrogen (secondary N) is 3. The van der Waals surface area contributed by atoms with Crippen LogP contribution in [-0.4, -0.2) is 43.4 Å². The molecule has 0 unspecified atom stereocenters. The Hall–Kier alpha value is -2.08. The third kappa shape index (κ3) is 12.7. The molecule has 0 bridgehead atoms. The van der Waals surface area contributed by atoms with Gasteiger partial charge >= 0.3 is 6.18 Å². The minimum atomic E-state index is -4.31. The fraction of sp³-hybridized carbons (Fsp3) is 0.455. The monoisotopic (exact) mass is 565 g/mol. The van der Waals surface area contributed by atoms with E-state index in [0.717, 1.165) is 49.8 Å². The van der Waals surface area contributed by atoms with E-state index in [1.165, 1.54) is 0 Å². The number of aliphatic imine (C=N–C) groups is 1. The number of guanidine groups is 1. The number of halogens is 4. The van der Waals surface area contributed by atoms with Crippen molar-refractivity contribution in [3.63, 3.8) is 0 Å². The number of nitrogens with zero attached hydrogens (tertiary/aromatic N) is 2. The number of pyridine rings is 1. The van der Waals surface area contributed by atoms with Gasteiger partial charge in [0.1, 0.15) is 12.4 Å². The van der Waals surface area contributed by atoms with Crippen LogP contribution >= 0.6 is 24.0 Å². The summed E-state index contributed by atoms with van der Waals surface area (Å²) in [5.74, 6) is 1.61. The van der Waals surface area contributed by atoms with E-state index in [1.807, 2.05) is 37.3 Å². The normalized spacial score (nSPS) is 11.6. The van der Waals surface area contributed by atoms with Crippen molar-refractivity contribution >= 4 is 35.8 Å². The first-order valence-electron chi connectivity index (χ1n) is 10.4. The molecule has 32 heavy (non-hydrogen) atoms. The van der Waals surface area contributed by atoms with E-state index in [0.29, 0.717) is 12.1 Å². The predicted molar refractivity (Wildman–Crippen MR) is 132 cm³/mol. The van der Waals surface area contributed by atoms with Crippen LogP contribution in [0.1, 0.15) is 30.9 Å². The van der Waals surface area contributed by atoms with Crippen LogP contribution in [0, 0.1) is 0 Å². The predicted octanol–water partition coefficient (Wildman–Crippen LogP) is 4.73. The Bertz CT molecular complexity index is 773. The van der Waals surface area contributed by atoms with Gasteiger partial charge in [-0.05, 0) is 43.0 Å². The summed E-state index contributed by atoms with van der Waals surface area (Å²) in [6.45, 7) is 3.57. The Morgan fingerprint density at radius 1 is 1.00 bits per heavy atom. The minimum Gasteiger partial charge on any atom is -0.370 e. The Morgan fingerprint density at radius 2 is 1.72 bits per heavy atom. The van der Waals surface area contributed by atoms with Crippen LogP contribution in [0.5, 0.6) is 0 Å². The van der Waals surface area contributed by atoms with Crippen LogP contribution in [0.15, 0.2) is 53.7 Å². The number of unbranched alkanes of at least 4 members (excludes halogenated alkanes) is 1. The fourth-order valence-electron chi connectivity index (χ4n) is 2.68. The van der Waals surface area contributed by atoms with E-state index in [9.17, 15) is 13.2 Å². The number of hydrogen-bond acceptors (Lipinski definition) is 4. The summed E-state index contributed by atoms with van der Waals surface area (Å²) in [4.78, 5) is 8.79. The highest BCUT2D eigenvalue weighted by Gasteiger charge is 2.27. The number of alkyl halides is 3. The maximum Gasteiger partial charge on any atom is 0.411 e. The van der Waals surface area contributed by atoms with Crippen LogP contribution in [-0.2, 0) is 17.9 Å². The molecule has 2 rings (SSSR count). The Balaban J connectivity index is 0.00000512. The van der Waals surface area contributed by atoms with Crippen molar-refractivity contribution in [2.24, 2.45) is 4.99 Å². The highest BCUT2D eigenvalue weighted by atomic mass is 127. The van der Waals surface area contributed by atoms with Gasteiger partial charge < -0.3 is 20.7 Å². The SMILES string of the molecule is CCNC(=NCc1ccc(COCC(F)(F)F)cc1)NCCCCNc1ccccn1.I. The van der Waals surface area contributed by atoms with Gasteiger partial charge in [-0.1, -0.05) is 30.3 Å². The van der Waals surface area contributed by atoms with Gasteiger partial charge in [0.15, 0.2) is 5.96 Å². The molecular formula is C22H31F3IN5O. The van der Waals surface area contributed by atoms with Gasteiger partial charge in [0, 0.05) is 25.8 Å². The second-order valence-electron chi connectivity index (χ2n) is 6.90. The molecule has 0 aliphatic heterocycles. The van der Waals surface area contributed by atoms with Crippen LogP contribution < -0.4 is 16.0 Å². The minimum absolute atomic E-state index is 0. The summed E-state index contributed by atoms with van der Waals surface area (Å²) in [6, 6.07) is 13.0. The van der Waals surface area contributed by atoms with Crippen molar-refractivity contribution in [1.29, 1.82) is 0 Å². The summed E-state index contributed by atoms with van der Waals surface area (Å²) in [7, 11) is 0. The van der Waals surface area contributed by atoms with Gasteiger partial charge in [-0.25, -0.2) is 9.98 Å². The van der Waals surface area contributed by atoms with Crippen molar-refractivity contribution in [2.45, 2.75) is 39.1 Å². The fourth-order valence-corrected chi connectivity index (χ4v) is 2.68. The largest absolute Gasteiger partial charge is 0.411 e. The van der Waals surface area contributed by atoms with Crippen LogP contribution in [0.3, 0.4) is 0 Å². The topological polar surface area (TPSA) is 70.6 Å². The lowest BCUT2D eigenvalue weighted by Gasteiger charge is -2.12. The number of hydrogen-bond donors (Lipinski definition) is 3. The summed E-state index contributed by atoms with van der Waals surface area (Å²) in [5, 5.41) is 9.80. The third-order valence-corrected chi connectivity index (χ3v) is 4.19. The average Bonchev–Trinajstić information content (AvgIpc) is 2.75. The average molecular weight is 565 g/mol. The van der Waals surface area contributed by atoms with Gasteiger partial charge in [0.25, 0.3) is 0 Å². The number of ether oxygens (including phenoxy) is 1. The van der Waals surface area contributed by atoms with Gasteiger partial charge in [0.05, 0.1) is 13.2 Å². The van der Waals surface area contributed by atoms with Gasteiger partial charge in [-0.2, -0.15) is 13.2 Å². The van der Waals surface area contributed by atoms with Gasteiger partial charge in [0.2, 0.25) is 0 Å². The maximum absolute atomic E-state index is 12.1. The number of rotatable bonds is 12. The Labute approximate surface area is 204 Å². The second-order valence-corrected chi connectivity index (χ2v) is 6.90. The van der Waals surface area contributed by atoms with Crippen molar-refractivity contribution in [1.82, 2.24) is 15.6 Å². The molecule has 6 nitrogen and oxygen atoms in total. The molecule has 0 saturated heterocycles. The van der Waals surface area contributed by atoms with Crippen molar-refractivity contribution in [3.8, 4) is 0 Å². The lowest BCUT2D eigenvalue weighted by Crippen LogP contribution is -2.37. The van der Waals surface area contributed by atoms with E-state index >= 15 is 0 Å². The standard InChI is InChI=1S/C22H30F3N5O.HI/c1-2-26-21(29-14-6-5-13-28-20-7-3-4-12-27-20)30-15-18-8-10-19(11-9-18)16-31-17-22(23,24)25;/h3-4,7-12H,2,5-6,13-17H2,1H3,(H,27,28)(H2,26,29,30);1H. The lowest BCUT2D eigenvalue weighted by molar-refractivity contribution is -0.176. The first kappa shape index (κ1) is 28.0. The second kappa shape index (κ2) is 15.7. The molecular weight excluding hydrogens is 534 g/mol. The molecule has 0 aliphatic carbocycles. The summed E-state index contributed by atoms with van der Waals surface area (Å²) in [5.41, 5.74) is 1.66. The molecule has 0 amide bonds. The van der Waals surface area contributed by atoms with Crippen LogP contribution in [0.2, 0.25) is 0 Å². The zero-order valence-corrected chi connectivity index (χ0v) is 20.5. The van der Waals surface area contributed by atoms with E-state index < -0.39 is 12.8 Å². The quantitative estimate of drug-likeness (QED) is 0.150. The molecule has 3 N–H and O–H groups in total. The highest BCUT2D eigenvalue weighted by molar-refractivity contribution is 14.0. The molecule has 178 valence electrons. The molecule has 1 aromatic heterocycles. The smallest absolute Gasteiger partial charge is 0.370 e. The van der Waals surface area contributed by atoms with E-state index in [1.54, 1.807) is 18.3 Å². The molecule has 2 aromatic rings. The third-order valence-electron chi connectivity index (χ3n) is 4.19. The molecule has 1 heterocycles. The molecule has 0 atom stereocenters. The van der Waals surface area contributed by atoms with Crippen molar-refractivity contribution in [3.05, 3.63) is 59.8 Å². The molecule has 10 heteroatoms. The summed E-state index contributed by atoms with van der Waals surface area (Å²) < 4.78 is 41.0. The van der Waals surface area contributed by atoms with E-state index in [-0.39, 0.29) is 30.6 Å². The van der Waals surface area contributed by atoms with E-state index in [2.05, 4.69) is 30.7 Å². The molecule has 0 radical (unpaired) electrons. The first-order valence-corrected chi connectivity index (χ1v) is 10.4. The summed E-state index contributed by atoms with van der Waals surface area (Å²) in [6.07, 6.45) is -0.560. The van der Waals surface area contributed by atoms with Gasteiger partial charge in [-0.3, -0.25) is 0 Å². The zero-order valence-electron chi connectivity index (χ0n) is 18.1. The van der Waals surface area contributed by atoms with Crippen LogP contribution in [0.4, 0.5) is 19.0 Å². The Morgan fingerprint density at radius 3 is 2.38 bits per heavy atom. The molecule has 0 fully saturated rings. The van der Waals surface area contributed by atoms with Crippen molar-refractivity contribution in [2.75, 3.05) is 31.6 Å². The maximum atomic E-state index is 12.1. The number of benzene rings is 1. The van der Waals surface area contributed by atoms with Crippen LogP contribution in [0.25, 0.3) is 0 Å². The molecule has 1 aromatic carbocycles. The highest BCUT2D eigenvalue weighted by Crippen LogP contribution is 2.16. The van der Waals surface area contributed by atoms with E-state index in [4.69, 9.17) is 0 Å². The Kier molecular flexibility index (Phi) is 13.7. The first-order chi connectivity index (χ1) is 15.0. The zero-order chi connectivity index (χ0) is 22.4. The molecule has 0 spiro atoms. The summed E-state index contributed by atoms with van der Waals surface area (Å²) >= 11 is 0. The van der Waals surface area contributed by atoms with Gasteiger partial charge in [-0.15, -0.1) is 24.0 Å². The molecule has 0 aliphatic rings. The number of anilines is 1. The van der Waals surface area contributed by atoms with Crippen molar-refractivity contribution < 1.29 is 17.9 Å². The number of aromatic nitrogens is 1. The lowest BCUT2D eigenvalue weighted by atomic mass is 10.1.